The van der Waals surface area contributed by atoms with Crippen LogP contribution in [0, 0.1) is 0 Å². The third-order valence-electron chi connectivity index (χ3n) is 3.51. The van der Waals surface area contributed by atoms with Crippen molar-refractivity contribution in [2.45, 2.75) is 20.3 Å². The van der Waals surface area contributed by atoms with Crippen molar-refractivity contribution in [3.63, 3.8) is 0 Å². The molecular weight excluding hydrogens is 266 g/mol. The molecule has 0 spiro atoms. The average molecular weight is 301 g/mol. The van der Waals surface area contributed by atoms with Gasteiger partial charge in [-0.2, -0.15) is 0 Å². The molecule has 0 aromatic heterocycles. The van der Waals surface area contributed by atoms with E-state index in [1.165, 1.54) is 0 Å². The van der Waals surface area contributed by atoms with Crippen molar-refractivity contribution in [3.8, 4) is 0 Å². The minimum absolute atomic E-state index is 0.826. The molecule has 2 N–H and O–H groups in total. The molecule has 126 valence electrons. The number of guanidine groups is 1. The predicted octanol–water partition coefficient (Wildman–Crippen LogP) is 0.462. The van der Waals surface area contributed by atoms with E-state index in [9.17, 15) is 0 Å². The smallest absolute Gasteiger partial charge is 0.191 e. The monoisotopic (exact) mass is 301 g/mol. The molecule has 6 nitrogen and oxygen atoms in total. The summed E-state index contributed by atoms with van der Waals surface area (Å²) < 4.78 is 5.06. The van der Waals surface area contributed by atoms with Gasteiger partial charge in [0.25, 0.3) is 0 Å². The Morgan fingerprint density at radius 3 is 2.19 bits per heavy atom. The highest BCUT2D eigenvalue weighted by atomic mass is 16.5. The van der Waals surface area contributed by atoms with Crippen molar-refractivity contribution < 1.29 is 4.74 Å². The van der Waals surface area contributed by atoms with Crippen LogP contribution in [0.2, 0.25) is 0 Å². The topological polar surface area (TPSA) is 52.1 Å². The van der Waals surface area contributed by atoms with Gasteiger partial charge in [-0.1, -0.05) is 13.8 Å². The highest BCUT2D eigenvalue weighted by Gasteiger charge is 2.02. The molecule has 0 rings (SSSR count). The molecule has 0 saturated carbocycles. The maximum Gasteiger partial charge on any atom is 0.191 e. The molecule has 0 saturated heterocycles. The first kappa shape index (κ1) is 20.1. The molecule has 0 atom stereocenters. The minimum atomic E-state index is 0.826. The lowest BCUT2D eigenvalue weighted by atomic mass is 10.4. The Labute approximate surface area is 130 Å². The van der Waals surface area contributed by atoms with E-state index in [1.807, 2.05) is 7.05 Å². The van der Waals surface area contributed by atoms with E-state index in [-0.39, 0.29) is 0 Å². The molecule has 0 fully saturated rings. The maximum absolute atomic E-state index is 5.06. The van der Waals surface area contributed by atoms with Gasteiger partial charge < -0.3 is 25.2 Å². The van der Waals surface area contributed by atoms with E-state index in [4.69, 9.17) is 4.74 Å². The average Bonchev–Trinajstić information content (AvgIpc) is 2.50. The zero-order valence-corrected chi connectivity index (χ0v) is 14.6. The first-order chi connectivity index (χ1) is 10.2. The van der Waals surface area contributed by atoms with E-state index >= 15 is 0 Å². The molecule has 0 amide bonds. The Kier molecular flexibility index (Phi) is 13.5. The maximum atomic E-state index is 5.06. The summed E-state index contributed by atoms with van der Waals surface area (Å²) in [6, 6.07) is 0. The lowest BCUT2D eigenvalue weighted by Gasteiger charge is -2.20. The summed E-state index contributed by atoms with van der Waals surface area (Å²) in [5.41, 5.74) is 0. The van der Waals surface area contributed by atoms with Crippen molar-refractivity contribution in [1.29, 1.82) is 0 Å². The van der Waals surface area contributed by atoms with Gasteiger partial charge >= 0.3 is 0 Å². The van der Waals surface area contributed by atoms with E-state index in [0.717, 1.165) is 64.8 Å². The number of likely N-dealkylation sites (N-methyl/N-ethyl adjacent to an activating group) is 2. The molecular formula is C15H35N5O. The van der Waals surface area contributed by atoms with E-state index in [0.29, 0.717) is 0 Å². The van der Waals surface area contributed by atoms with Gasteiger partial charge in [-0.15, -0.1) is 0 Å². The fourth-order valence-electron chi connectivity index (χ4n) is 2.05. The van der Waals surface area contributed by atoms with Crippen molar-refractivity contribution in [2.75, 3.05) is 73.6 Å². The van der Waals surface area contributed by atoms with Gasteiger partial charge in [-0.3, -0.25) is 4.99 Å². The number of nitrogens with zero attached hydrogens (tertiary/aromatic N) is 3. The van der Waals surface area contributed by atoms with Gasteiger partial charge in [-0.25, -0.2) is 0 Å². The molecule has 0 unspecified atom stereocenters. The van der Waals surface area contributed by atoms with Crippen LogP contribution in [0.5, 0.6) is 0 Å². The summed E-state index contributed by atoms with van der Waals surface area (Å²) in [7, 11) is 5.69. The third kappa shape index (κ3) is 11.5. The van der Waals surface area contributed by atoms with Crippen LogP contribution in [-0.2, 0) is 4.74 Å². The molecule has 6 heteroatoms. The van der Waals surface area contributed by atoms with Crippen LogP contribution in [0.25, 0.3) is 0 Å². The van der Waals surface area contributed by atoms with E-state index in [1.54, 1.807) is 7.11 Å². The Balaban J connectivity index is 3.70. The number of rotatable bonds is 12. The highest BCUT2D eigenvalue weighted by molar-refractivity contribution is 5.79. The van der Waals surface area contributed by atoms with Crippen molar-refractivity contribution in [1.82, 2.24) is 20.4 Å². The number of hydrogen-bond donors (Lipinski definition) is 2. The largest absolute Gasteiger partial charge is 0.385 e. The quantitative estimate of drug-likeness (QED) is 0.312. The van der Waals surface area contributed by atoms with E-state index < -0.39 is 0 Å². The second-order valence-corrected chi connectivity index (χ2v) is 5.10. The van der Waals surface area contributed by atoms with Crippen molar-refractivity contribution in [2.24, 2.45) is 4.99 Å². The predicted molar refractivity (Wildman–Crippen MR) is 91.1 cm³/mol. The summed E-state index contributed by atoms with van der Waals surface area (Å²) in [6.07, 6.45) is 1.07. The van der Waals surface area contributed by atoms with Gasteiger partial charge in [0.15, 0.2) is 5.96 Å². The zero-order chi connectivity index (χ0) is 15.9. The summed E-state index contributed by atoms with van der Waals surface area (Å²) in [5, 5.41) is 6.70. The Hall–Kier alpha value is -0.850. The Morgan fingerprint density at radius 2 is 1.67 bits per heavy atom. The van der Waals surface area contributed by atoms with E-state index in [2.05, 4.69) is 46.3 Å². The second-order valence-electron chi connectivity index (χ2n) is 5.10. The molecule has 21 heavy (non-hydrogen) atoms. The first-order valence-electron chi connectivity index (χ1n) is 8.02. The van der Waals surface area contributed by atoms with Gasteiger partial charge in [-0.05, 0) is 26.6 Å². The lowest BCUT2D eigenvalue weighted by Crippen LogP contribution is -2.43. The molecule has 0 heterocycles. The summed E-state index contributed by atoms with van der Waals surface area (Å²) in [6.45, 7) is 12.3. The lowest BCUT2D eigenvalue weighted by molar-refractivity contribution is 0.180. The number of methoxy groups -OCH3 is 1. The fraction of sp³-hybridized carbons (Fsp3) is 0.933. The van der Waals surface area contributed by atoms with Gasteiger partial charge in [0.1, 0.15) is 0 Å². The van der Waals surface area contributed by atoms with Gasteiger partial charge in [0, 0.05) is 53.5 Å². The minimum Gasteiger partial charge on any atom is -0.385 e. The molecule has 0 aliphatic rings. The van der Waals surface area contributed by atoms with Crippen LogP contribution in [0.4, 0.5) is 0 Å². The standard InChI is InChI=1S/C15H35N5O/c1-6-20(7-2)13-10-18-15(16-3)17-9-12-19(4)11-8-14-21-5/h6-14H2,1-5H3,(H2,16,17,18). The summed E-state index contributed by atoms with van der Waals surface area (Å²) in [4.78, 5) is 8.94. The van der Waals surface area contributed by atoms with Crippen LogP contribution in [0.1, 0.15) is 20.3 Å². The normalized spacial score (nSPS) is 12.2. The molecule has 0 bridgehead atoms. The SMILES string of the molecule is CCN(CC)CCNC(=NC)NCCN(C)CCCOC. The highest BCUT2D eigenvalue weighted by Crippen LogP contribution is 1.87. The molecule has 0 aromatic carbocycles. The van der Waals surface area contributed by atoms with Crippen LogP contribution in [-0.4, -0.2) is 89.4 Å². The van der Waals surface area contributed by atoms with Crippen LogP contribution in [0.3, 0.4) is 0 Å². The molecule has 0 aromatic rings. The number of hydrogen-bond acceptors (Lipinski definition) is 4. The number of nitrogens with one attached hydrogen (secondary N) is 2. The van der Waals surface area contributed by atoms with Crippen LogP contribution in [0.15, 0.2) is 4.99 Å². The van der Waals surface area contributed by atoms with Crippen molar-refractivity contribution in [3.05, 3.63) is 0 Å². The Bertz CT molecular complexity index is 256. The van der Waals surface area contributed by atoms with Crippen LogP contribution >= 0.6 is 0 Å². The number of ether oxygens (including phenoxy) is 1. The second kappa shape index (κ2) is 14.1. The summed E-state index contributed by atoms with van der Waals surface area (Å²) >= 11 is 0. The third-order valence-corrected chi connectivity index (χ3v) is 3.51. The van der Waals surface area contributed by atoms with Gasteiger partial charge in [0.2, 0.25) is 0 Å². The molecule has 0 radical (unpaired) electrons. The van der Waals surface area contributed by atoms with Crippen molar-refractivity contribution >= 4 is 5.96 Å². The molecule has 0 aliphatic carbocycles. The Morgan fingerprint density at radius 1 is 1.05 bits per heavy atom. The van der Waals surface area contributed by atoms with Gasteiger partial charge in [0.05, 0.1) is 0 Å². The van der Waals surface area contributed by atoms with Crippen LogP contribution < -0.4 is 10.6 Å². The molecule has 0 aliphatic heterocycles. The first-order valence-corrected chi connectivity index (χ1v) is 8.02. The zero-order valence-electron chi connectivity index (χ0n) is 14.6. The summed E-state index contributed by atoms with van der Waals surface area (Å²) in [5.74, 6) is 0.882. The fourth-order valence-corrected chi connectivity index (χ4v) is 2.05. The number of aliphatic imine (C=N–C) groups is 1.